The van der Waals surface area contributed by atoms with Crippen molar-refractivity contribution in [3.8, 4) is 11.3 Å². The van der Waals surface area contributed by atoms with Crippen molar-refractivity contribution in [3.05, 3.63) is 70.3 Å². The fourth-order valence-corrected chi connectivity index (χ4v) is 5.38. The Morgan fingerprint density at radius 3 is 2.10 bits per heavy atom. The number of rotatable bonds is 8. The van der Waals surface area contributed by atoms with E-state index < -0.39 is 0 Å². The van der Waals surface area contributed by atoms with E-state index in [0.29, 0.717) is 0 Å². The van der Waals surface area contributed by atoms with E-state index in [1.54, 1.807) is 0 Å². The van der Waals surface area contributed by atoms with E-state index >= 15 is 0 Å². The summed E-state index contributed by atoms with van der Waals surface area (Å²) in [6.45, 7) is 12.2. The largest absolute Gasteiger partial charge is 0.512 e. The Kier molecular flexibility index (Phi) is 12.5. The minimum absolute atomic E-state index is 0. The van der Waals surface area contributed by atoms with Crippen LogP contribution < -0.4 is 0 Å². The first-order valence-corrected chi connectivity index (χ1v) is 14.4. The second kappa shape index (κ2) is 14.9. The molecule has 0 aliphatic carbocycles. The number of carbonyl (C=O) groups is 1. The predicted molar refractivity (Wildman–Crippen MR) is 166 cm³/mol. The summed E-state index contributed by atoms with van der Waals surface area (Å²) in [6.07, 6.45) is 6.77. The van der Waals surface area contributed by atoms with E-state index in [9.17, 15) is 9.90 Å². The third kappa shape index (κ3) is 7.37. The molecule has 0 saturated carbocycles. The van der Waals surface area contributed by atoms with E-state index in [0.717, 1.165) is 69.1 Å². The quantitative estimate of drug-likeness (QED) is 0.0851. The van der Waals surface area contributed by atoms with E-state index in [1.807, 2.05) is 57.1 Å². The number of carbonyl (C=O) groups excluding carboxylic acids is 1. The molecule has 0 amide bonds. The van der Waals surface area contributed by atoms with Crippen molar-refractivity contribution in [2.75, 3.05) is 0 Å². The van der Waals surface area contributed by atoms with Crippen LogP contribution >= 0.6 is 12.2 Å². The summed E-state index contributed by atoms with van der Waals surface area (Å²) >= 11 is 5.50. The molecule has 0 spiro atoms. The second-order valence-corrected chi connectivity index (χ2v) is 10.7. The van der Waals surface area contributed by atoms with Crippen molar-refractivity contribution in [1.82, 2.24) is 14.1 Å². The van der Waals surface area contributed by atoms with Gasteiger partial charge in [0.2, 0.25) is 0 Å². The molecular weight excluding hydrogens is 695 g/mol. The minimum Gasteiger partial charge on any atom is -0.512 e. The number of fused-ring (bicyclic) bond motifs is 2. The van der Waals surface area contributed by atoms with Crippen LogP contribution in [-0.4, -0.2) is 25.0 Å². The molecule has 5 nitrogen and oxygen atoms in total. The summed E-state index contributed by atoms with van der Waals surface area (Å²) < 4.78 is 4.91. The normalized spacial score (nSPS) is 11.6. The maximum absolute atomic E-state index is 11.7. The number of allylic oxidation sites excluding steroid dienone is 2. The first kappa shape index (κ1) is 33.6. The van der Waals surface area contributed by atoms with Crippen molar-refractivity contribution in [3.63, 3.8) is 0 Å². The smallest absolute Gasteiger partial charge is 0.180 e. The van der Waals surface area contributed by atoms with Gasteiger partial charge in [-0.05, 0) is 72.6 Å². The molecule has 1 N–H and O–H groups in total. The summed E-state index contributed by atoms with van der Waals surface area (Å²) in [7, 11) is 4.02. The first-order valence-electron chi connectivity index (χ1n) is 14.0. The van der Waals surface area contributed by atoms with Crippen molar-refractivity contribution >= 4 is 39.8 Å². The second-order valence-electron chi connectivity index (χ2n) is 10.4. The molecule has 0 bridgehead atoms. The number of hydrogen-bond acceptors (Lipinski definition) is 4. The van der Waals surface area contributed by atoms with Gasteiger partial charge in [0, 0.05) is 58.3 Å². The van der Waals surface area contributed by atoms with Crippen molar-refractivity contribution in [1.29, 1.82) is 0 Å². The van der Waals surface area contributed by atoms with Gasteiger partial charge in [-0.2, -0.15) is 0 Å². The number of aromatic nitrogens is 3. The fraction of sp³-hybridized carbons (Fsp3) is 0.424. The Hall–Kier alpha value is -2.60. The van der Waals surface area contributed by atoms with Crippen LogP contribution in [0.5, 0.6) is 0 Å². The standard InChI is InChI=1S/C20H18N3S.C13H24O2.Ir/c1-12-7-13(2)9-15(8-12)19-16-11-18-17(10-14(16)5-6-21-19)22(3)20(24)23(18)4;1-5-10(6-2)12(14)9-13(15)11(7-3)8-4;/h5-8,10-11H,1-4H3;9-11,14H,5-8H2,1-4H3;/q-1;;/b;12-9-;. The Morgan fingerprint density at radius 1 is 0.975 bits per heavy atom. The summed E-state index contributed by atoms with van der Waals surface area (Å²) in [6, 6.07) is 14.1. The van der Waals surface area contributed by atoms with Crippen molar-refractivity contribution in [2.24, 2.45) is 25.9 Å². The van der Waals surface area contributed by atoms with Crippen LogP contribution in [0.15, 0.2) is 48.4 Å². The topological polar surface area (TPSA) is 60.0 Å². The zero-order valence-electron chi connectivity index (χ0n) is 25.0. The molecule has 40 heavy (non-hydrogen) atoms. The van der Waals surface area contributed by atoms with Crippen LogP contribution in [0.25, 0.3) is 33.1 Å². The number of imidazole rings is 1. The Bertz CT molecular complexity index is 1540. The van der Waals surface area contributed by atoms with Gasteiger partial charge in [0.05, 0.1) is 16.8 Å². The molecule has 7 heteroatoms. The van der Waals surface area contributed by atoms with Gasteiger partial charge in [-0.25, -0.2) is 0 Å². The number of pyridine rings is 1. The zero-order chi connectivity index (χ0) is 28.9. The first-order chi connectivity index (χ1) is 18.6. The van der Waals surface area contributed by atoms with Gasteiger partial charge >= 0.3 is 0 Å². The number of benzene rings is 2. The number of aryl methyl sites for hydroxylation is 4. The molecule has 2 aromatic carbocycles. The molecule has 4 aromatic rings. The van der Waals surface area contributed by atoms with Gasteiger partial charge in [0.1, 0.15) is 0 Å². The number of hydrogen-bond donors (Lipinski definition) is 1. The average molecular weight is 737 g/mol. The monoisotopic (exact) mass is 737 g/mol. The molecule has 0 aliphatic heterocycles. The number of ketones is 1. The van der Waals surface area contributed by atoms with Crippen LogP contribution in [0.4, 0.5) is 0 Å². The van der Waals surface area contributed by atoms with Gasteiger partial charge in [0.25, 0.3) is 0 Å². The van der Waals surface area contributed by atoms with Crippen LogP contribution in [0.1, 0.15) is 64.5 Å². The summed E-state index contributed by atoms with van der Waals surface area (Å²) in [5.41, 5.74) is 6.61. The van der Waals surface area contributed by atoms with Crippen LogP contribution in [0, 0.1) is 36.5 Å². The number of aliphatic hydroxyl groups excluding tert-OH is 1. The third-order valence-electron chi connectivity index (χ3n) is 7.64. The van der Waals surface area contributed by atoms with E-state index in [2.05, 4.69) is 55.2 Å². The molecule has 0 atom stereocenters. The fourth-order valence-electron chi connectivity index (χ4n) is 5.18. The van der Waals surface area contributed by atoms with Crippen LogP contribution in [-0.2, 0) is 39.0 Å². The molecular formula is C33H42IrN3O2S-. The SMILES string of the molecule is CCC(CC)C(=O)/C=C(\O)C(CC)CC.Cc1[c-]c(-c2nccc3cc4c(cc23)n(C)c(=S)n4C)cc(C)c1.[Ir]. The van der Waals surface area contributed by atoms with Gasteiger partial charge in [-0.3, -0.25) is 4.79 Å². The van der Waals surface area contributed by atoms with Gasteiger partial charge < -0.3 is 19.2 Å². The molecule has 0 fully saturated rings. The molecule has 4 rings (SSSR count). The molecule has 0 unspecified atom stereocenters. The van der Waals surface area contributed by atoms with E-state index in [1.165, 1.54) is 11.6 Å². The van der Waals surface area contributed by atoms with Crippen LogP contribution in [0.3, 0.4) is 0 Å². The maximum Gasteiger partial charge on any atom is 0.180 e. The molecule has 1 radical (unpaired) electrons. The van der Waals surface area contributed by atoms with Crippen molar-refractivity contribution < 1.29 is 30.0 Å². The summed E-state index contributed by atoms with van der Waals surface area (Å²) in [5, 5.41) is 12.1. The third-order valence-corrected chi connectivity index (χ3v) is 8.19. The van der Waals surface area contributed by atoms with Gasteiger partial charge in [-0.1, -0.05) is 41.5 Å². The minimum atomic E-state index is 0. The van der Waals surface area contributed by atoms with Gasteiger partial charge in [0.15, 0.2) is 10.6 Å². The number of nitrogens with zero attached hydrogens (tertiary/aromatic N) is 3. The molecule has 0 aliphatic rings. The molecule has 0 saturated heterocycles. The maximum atomic E-state index is 11.7. The molecule has 2 heterocycles. The van der Waals surface area contributed by atoms with Crippen molar-refractivity contribution in [2.45, 2.75) is 67.2 Å². The average Bonchev–Trinajstić information content (AvgIpc) is 3.11. The number of aliphatic hydroxyl groups is 1. The Morgan fingerprint density at radius 2 is 1.55 bits per heavy atom. The van der Waals surface area contributed by atoms with Crippen LogP contribution in [0.2, 0.25) is 0 Å². The van der Waals surface area contributed by atoms with E-state index in [4.69, 9.17) is 12.2 Å². The Balaban J connectivity index is 0.000000307. The summed E-state index contributed by atoms with van der Waals surface area (Å²) in [4.78, 5) is 16.4. The van der Waals surface area contributed by atoms with E-state index in [-0.39, 0.29) is 43.5 Å². The predicted octanol–water partition coefficient (Wildman–Crippen LogP) is 8.75. The molecule has 217 valence electrons. The Labute approximate surface area is 257 Å². The summed E-state index contributed by atoms with van der Waals surface area (Å²) in [5.74, 6) is 0.547. The van der Waals surface area contributed by atoms with Gasteiger partial charge in [-0.15, -0.1) is 34.9 Å². The zero-order valence-corrected chi connectivity index (χ0v) is 28.2. The molecule has 2 aromatic heterocycles.